The Hall–Kier alpha value is -3.00. The van der Waals surface area contributed by atoms with E-state index in [9.17, 15) is 9.59 Å². The van der Waals surface area contributed by atoms with Crippen molar-refractivity contribution in [3.05, 3.63) is 84.4 Å². The topological polar surface area (TPSA) is 80.3 Å². The van der Waals surface area contributed by atoms with E-state index < -0.39 is 36.0 Å². The molecule has 1 saturated heterocycles. The Morgan fingerprint density at radius 1 is 0.938 bits per heavy atom. The maximum Gasteiger partial charge on any atom is 0.305 e. The van der Waals surface area contributed by atoms with Crippen LogP contribution in [0.2, 0.25) is 0 Å². The van der Waals surface area contributed by atoms with Crippen molar-refractivity contribution < 1.29 is 33.3 Å². The van der Waals surface area contributed by atoms with Crippen molar-refractivity contribution >= 4 is 11.9 Å². The van der Waals surface area contributed by atoms with Crippen LogP contribution in [0.3, 0.4) is 0 Å². The summed E-state index contributed by atoms with van der Waals surface area (Å²) < 4.78 is 29.0. The van der Waals surface area contributed by atoms with Crippen LogP contribution in [0.5, 0.6) is 0 Å². The normalized spacial score (nSPS) is 24.6. The molecule has 2 aromatic rings. The first-order valence-corrected chi connectivity index (χ1v) is 10.4. The lowest BCUT2D eigenvalue weighted by Gasteiger charge is -2.31. The van der Waals surface area contributed by atoms with Gasteiger partial charge >= 0.3 is 11.9 Å². The molecule has 7 nitrogen and oxygen atoms in total. The van der Waals surface area contributed by atoms with Gasteiger partial charge < -0.3 is 23.7 Å². The first kappa shape index (κ1) is 23.7. The minimum absolute atomic E-state index is 0.0559. The zero-order valence-electron chi connectivity index (χ0n) is 18.3. The molecule has 1 aliphatic heterocycles. The van der Waals surface area contributed by atoms with Gasteiger partial charge in [0.25, 0.3) is 0 Å². The summed E-state index contributed by atoms with van der Waals surface area (Å²) in [5.74, 6) is -1.12. The third-order valence-corrected chi connectivity index (χ3v) is 5.03. The lowest BCUT2D eigenvalue weighted by atomic mass is 9.95. The van der Waals surface area contributed by atoms with Gasteiger partial charge in [-0.2, -0.15) is 0 Å². The lowest BCUT2D eigenvalue weighted by Crippen LogP contribution is -2.48. The van der Waals surface area contributed by atoms with Crippen LogP contribution in [0.25, 0.3) is 0 Å². The Balaban J connectivity index is 1.83. The van der Waals surface area contributed by atoms with Gasteiger partial charge in [-0.15, -0.1) is 6.58 Å². The van der Waals surface area contributed by atoms with Gasteiger partial charge in [0.05, 0.1) is 19.8 Å². The fraction of sp³-hybridized carbons (Fsp3) is 0.360. The largest absolute Gasteiger partial charge is 0.453 e. The van der Waals surface area contributed by atoms with E-state index in [1.54, 1.807) is 6.08 Å². The van der Waals surface area contributed by atoms with Crippen molar-refractivity contribution in [1.82, 2.24) is 0 Å². The molecule has 0 N–H and O–H groups in total. The van der Waals surface area contributed by atoms with E-state index in [0.717, 1.165) is 11.1 Å². The summed E-state index contributed by atoms with van der Waals surface area (Å²) in [6, 6.07) is 19.2. The molecular formula is C25H28O7. The van der Waals surface area contributed by atoms with E-state index >= 15 is 0 Å². The first-order chi connectivity index (χ1) is 15.4. The monoisotopic (exact) mass is 440 g/mol. The smallest absolute Gasteiger partial charge is 0.305 e. The molecule has 1 heterocycles. The number of carbonyl (C=O) groups is 2. The van der Waals surface area contributed by atoms with E-state index in [1.807, 2.05) is 60.7 Å². The SMILES string of the molecule is C=C[C@]1(COCc2ccccc2)OC(OC(C)=O)C(OC(C)=O)C1OCc1ccccc1. The van der Waals surface area contributed by atoms with Gasteiger partial charge in [-0.25, -0.2) is 0 Å². The Labute approximate surface area is 187 Å². The maximum absolute atomic E-state index is 11.8. The van der Waals surface area contributed by atoms with Crippen molar-refractivity contribution in [1.29, 1.82) is 0 Å². The maximum atomic E-state index is 11.8. The number of benzene rings is 2. The molecule has 0 saturated carbocycles. The second kappa shape index (κ2) is 11.0. The van der Waals surface area contributed by atoms with Gasteiger partial charge in [0.15, 0.2) is 6.10 Å². The zero-order chi connectivity index (χ0) is 23.0. The highest BCUT2D eigenvalue weighted by atomic mass is 16.8. The second-order valence-electron chi connectivity index (χ2n) is 7.52. The molecule has 2 aromatic carbocycles. The summed E-state index contributed by atoms with van der Waals surface area (Å²) in [4.78, 5) is 23.5. The number of rotatable bonds is 10. The van der Waals surface area contributed by atoms with Crippen molar-refractivity contribution in [2.24, 2.45) is 0 Å². The quantitative estimate of drug-likeness (QED) is 0.413. The molecule has 7 heteroatoms. The predicted molar refractivity (Wildman–Crippen MR) is 116 cm³/mol. The van der Waals surface area contributed by atoms with Crippen LogP contribution in [0.1, 0.15) is 25.0 Å². The summed E-state index contributed by atoms with van der Waals surface area (Å²) in [7, 11) is 0. The summed E-state index contributed by atoms with van der Waals surface area (Å²) in [5.41, 5.74) is 0.705. The van der Waals surface area contributed by atoms with Crippen molar-refractivity contribution in [2.45, 2.75) is 51.2 Å². The van der Waals surface area contributed by atoms with Gasteiger partial charge in [-0.3, -0.25) is 9.59 Å². The van der Waals surface area contributed by atoms with Crippen molar-refractivity contribution in [3.8, 4) is 0 Å². The summed E-state index contributed by atoms with van der Waals surface area (Å²) >= 11 is 0. The Kier molecular flexibility index (Phi) is 8.16. The molecule has 4 atom stereocenters. The van der Waals surface area contributed by atoms with Crippen molar-refractivity contribution in [3.63, 3.8) is 0 Å². The first-order valence-electron chi connectivity index (χ1n) is 10.4. The average molecular weight is 440 g/mol. The van der Waals surface area contributed by atoms with Crippen LogP contribution in [0.4, 0.5) is 0 Å². The number of hydrogen-bond donors (Lipinski definition) is 0. The van der Waals surface area contributed by atoms with Crippen LogP contribution >= 0.6 is 0 Å². The Morgan fingerprint density at radius 3 is 2.03 bits per heavy atom. The summed E-state index contributed by atoms with van der Waals surface area (Å²) in [5, 5.41) is 0. The standard InChI is InChI=1S/C25H28O7/c1-4-25(17-28-15-20-11-7-5-8-12-20)23(29-16-21-13-9-6-10-14-21)22(30-18(2)26)24(32-25)31-19(3)27/h4-14,22-24H,1,15-17H2,2-3H3/t22?,23?,24?,25-/m1/s1. The van der Waals surface area contributed by atoms with Crippen molar-refractivity contribution in [2.75, 3.05) is 6.61 Å². The van der Waals surface area contributed by atoms with Crippen LogP contribution in [-0.4, -0.2) is 42.6 Å². The number of esters is 2. The third kappa shape index (κ3) is 6.03. The number of hydrogen-bond acceptors (Lipinski definition) is 7. The lowest BCUT2D eigenvalue weighted by molar-refractivity contribution is -0.204. The van der Waals surface area contributed by atoms with Crippen LogP contribution in [0.15, 0.2) is 73.3 Å². The molecule has 0 bridgehead atoms. The molecule has 3 unspecified atom stereocenters. The van der Waals surface area contributed by atoms with E-state index in [0.29, 0.717) is 6.61 Å². The van der Waals surface area contributed by atoms with Crippen LogP contribution < -0.4 is 0 Å². The highest BCUT2D eigenvalue weighted by molar-refractivity contribution is 5.67. The highest BCUT2D eigenvalue weighted by Crippen LogP contribution is 2.38. The Bertz CT molecular complexity index is 899. The third-order valence-electron chi connectivity index (χ3n) is 5.03. The summed E-state index contributed by atoms with van der Waals surface area (Å²) in [6.07, 6.45) is -1.41. The van der Waals surface area contributed by atoms with Crippen LogP contribution in [0, 0.1) is 0 Å². The minimum Gasteiger partial charge on any atom is -0.453 e. The molecule has 0 spiro atoms. The zero-order valence-corrected chi connectivity index (χ0v) is 18.3. The molecule has 0 radical (unpaired) electrons. The molecule has 0 amide bonds. The molecule has 3 rings (SSSR count). The molecule has 0 aliphatic carbocycles. The van der Waals surface area contributed by atoms with Crippen LogP contribution in [-0.2, 0) is 46.5 Å². The molecule has 0 aromatic heterocycles. The molecule has 1 fully saturated rings. The average Bonchev–Trinajstić information content (AvgIpc) is 3.05. The molecule has 170 valence electrons. The van der Waals surface area contributed by atoms with Gasteiger partial charge in [0.2, 0.25) is 6.29 Å². The van der Waals surface area contributed by atoms with E-state index in [-0.39, 0.29) is 13.2 Å². The predicted octanol–water partition coefficient (Wildman–Crippen LogP) is 3.56. The fourth-order valence-electron chi connectivity index (χ4n) is 3.57. The molecule has 1 aliphatic rings. The highest BCUT2D eigenvalue weighted by Gasteiger charge is 2.58. The fourth-order valence-corrected chi connectivity index (χ4v) is 3.57. The van der Waals surface area contributed by atoms with Gasteiger partial charge in [-0.1, -0.05) is 66.7 Å². The molecular weight excluding hydrogens is 412 g/mol. The number of ether oxygens (including phenoxy) is 5. The van der Waals surface area contributed by atoms with E-state index in [1.165, 1.54) is 13.8 Å². The second-order valence-corrected chi connectivity index (χ2v) is 7.52. The van der Waals surface area contributed by atoms with E-state index in [4.69, 9.17) is 23.7 Å². The Morgan fingerprint density at radius 2 is 1.50 bits per heavy atom. The van der Waals surface area contributed by atoms with E-state index in [2.05, 4.69) is 6.58 Å². The van der Waals surface area contributed by atoms with Gasteiger partial charge in [0.1, 0.15) is 11.7 Å². The number of carbonyl (C=O) groups excluding carboxylic acids is 2. The van der Waals surface area contributed by atoms with Gasteiger partial charge in [0, 0.05) is 13.8 Å². The summed E-state index contributed by atoms with van der Waals surface area (Å²) in [6.45, 7) is 7.06. The molecule has 32 heavy (non-hydrogen) atoms. The van der Waals surface area contributed by atoms with Gasteiger partial charge in [-0.05, 0) is 11.1 Å². The minimum atomic E-state index is -1.20.